The van der Waals surface area contributed by atoms with Gasteiger partial charge in [-0.25, -0.2) is 4.98 Å². The van der Waals surface area contributed by atoms with Crippen molar-refractivity contribution in [3.05, 3.63) is 23.7 Å². The van der Waals surface area contributed by atoms with Crippen LogP contribution in [0.15, 0.2) is 22.9 Å². The summed E-state index contributed by atoms with van der Waals surface area (Å²) in [5.41, 5.74) is 0.664. The Hall–Kier alpha value is -1.29. The Morgan fingerprint density at radius 3 is 3.00 bits per heavy atom. The third kappa shape index (κ3) is 1.45. The van der Waals surface area contributed by atoms with Crippen molar-refractivity contribution in [1.29, 1.82) is 0 Å². The zero-order chi connectivity index (χ0) is 9.26. The van der Waals surface area contributed by atoms with Crippen LogP contribution in [0.25, 0.3) is 11.6 Å². The van der Waals surface area contributed by atoms with Crippen LogP contribution in [0, 0.1) is 0 Å². The third-order valence-electron chi connectivity index (χ3n) is 1.68. The fourth-order valence-electron chi connectivity index (χ4n) is 1.07. The maximum Gasteiger partial charge on any atom is 0.246 e. The highest BCUT2D eigenvalue weighted by Gasteiger charge is 2.09. The van der Waals surface area contributed by atoms with Crippen LogP contribution in [0.1, 0.15) is 6.92 Å². The lowest BCUT2D eigenvalue weighted by molar-refractivity contribution is 0.567. The molecule has 4 nitrogen and oxygen atoms in total. The summed E-state index contributed by atoms with van der Waals surface area (Å²) >= 11 is 5.89. The van der Waals surface area contributed by atoms with Gasteiger partial charge in [0.25, 0.3) is 0 Å². The van der Waals surface area contributed by atoms with Gasteiger partial charge in [-0.3, -0.25) is 4.68 Å². The second-order valence-electron chi connectivity index (χ2n) is 2.51. The van der Waals surface area contributed by atoms with E-state index < -0.39 is 0 Å². The predicted octanol–water partition coefficient (Wildman–Crippen LogP) is 2.21. The largest absolute Gasteiger partial charge is 0.443 e. The number of halogens is 1. The average molecular weight is 198 g/mol. The second-order valence-corrected chi connectivity index (χ2v) is 2.89. The Labute approximate surface area is 80.1 Å². The molecular weight excluding hydrogens is 190 g/mol. The highest BCUT2D eigenvalue weighted by molar-refractivity contribution is 6.29. The molecule has 2 aromatic rings. The van der Waals surface area contributed by atoms with E-state index in [2.05, 4.69) is 10.1 Å². The van der Waals surface area contributed by atoms with Gasteiger partial charge in [0, 0.05) is 12.6 Å². The summed E-state index contributed by atoms with van der Waals surface area (Å²) in [6.07, 6.45) is 3.09. The molecule has 0 aliphatic heterocycles. The SMILES string of the molecule is CCn1nc(-c2ncco2)cc1Cl. The first-order valence-electron chi connectivity index (χ1n) is 3.94. The summed E-state index contributed by atoms with van der Waals surface area (Å²) in [5, 5.41) is 4.79. The maximum atomic E-state index is 5.89. The van der Waals surface area contributed by atoms with Gasteiger partial charge in [0.05, 0.1) is 6.20 Å². The second kappa shape index (κ2) is 3.22. The fourth-order valence-corrected chi connectivity index (χ4v) is 1.33. The first kappa shape index (κ1) is 8.31. The monoisotopic (exact) mass is 197 g/mol. The predicted molar refractivity (Wildman–Crippen MR) is 48.4 cm³/mol. The van der Waals surface area contributed by atoms with Crippen LogP contribution in [-0.4, -0.2) is 14.8 Å². The molecule has 13 heavy (non-hydrogen) atoms. The van der Waals surface area contributed by atoms with E-state index in [1.807, 2.05) is 6.92 Å². The van der Waals surface area contributed by atoms with Gasteiger partial charge in [-0.1, -0.05) is 11.6 Å². The minimum absolute atomic E-state index is 0.495. The molecule has 0 aromatic carbocycles. The molecule has 2 aromatic heterocycles. The summed E-state index contributed by atoms with van der Waals surface area (Å²) in [4.78, 5) is 3.97. The lowest BCUT2D eigenvalue weighted by Gasteiger charge is -1.93. The zero-order valence-electron chi connectivity index (χ0n) is 7.07. The summed E-state index contributed by atoms with van der Waals surface area (Å²) in [6, 6.07) is 1.73. The van der Waals surface area contributed by atoms with Crippen LogP contribution < -0.4 is 0 Å². The van der Waals surface area contributed by atoms with Crippen LogP contribution in [0.5, 0.6) is 0 Å². The zero-order valence-corrected chi connectivity index (χ0v) is 7.82. The van der Waals surface area contributed by atoms with Gasteiger partial charge in [0.15, 0.2) is 0 Å². The molecule has 0 saturated heterocycles. The van der Waals surface area contributed by atoms with E-state index in [-0.39, 0.29) is 0 Å². The van der Waals surface area contributed by atoms with Gasteiger partial charge in [-0.2, -0.15) is 5.10 Å². The van der Waals surface area contributed by atoms with Crippen molar-refractivity contribution in [2.45, 2.75) is 13.5 Å². The number of aryl methyl sites for hydroxylation is 1. The summed E-state index contributed by atoms with van der Waals surface area (Å²) in [7, 11) is 0. The molecule has 0 unspecified atom stereocenters. The van der Waals surface area contributed by atoms with E-state index in [0.29, 0.717) is 16.7 Å². The van der Waals surface area contributed by atoms with Crippen LogP contribution >= 0.6 is 11.6 Å². The molecule has 0 fully saturated rings. The average Bonchev–Trinajstić information content (AvgIpc) is 2.71. The highest BCUT2D eigenvalue weighted by Crippen LogP contribution is 2.19. The van der Waals surface area contributed by atoms with Crippen molar-refractivity contribution in [2.75, 3.05) is 0 Å². The van der Waals surface area contributed by atoms with E-state index in [9.17, 15) is 0 Å². The van der Waals surface area contributed by atoms with Gasteiger partial charge < -0.3 is 4.42 Å². The van der Waals surface area contributed by atoms with Gasteiger partial charge in [-0.05, 0) is 6.92 Å². The summed E-state index contributed by atoms with van der Waals surface area (Å²) in [6.45, 7) is 2.71. The molecule has 5 heteroatoms. The van der Waals surface area contributed by atoms with Crippen LogP contribution in [-0.2, 0) is 6.54 Å². The van der Waals surface area contributed by atoms with Crippen molar-refractivity contribution < 1.29 is 4.42 Å². The molecule has 0 aliphatic rings. The topological polar surface area (TPSA) is 43.9 Å². The Kier molecular flexibility index (Phi) is 2.06. The molecule has 0 spiro atoms. The lowest BCUT2D eigenvalue weighted by atomic mass is 10.4. The molecule has 2 rings (SSSR count). The summed E-state index contributed by atoms with van der Waals surface area (Å²) < 4.78 is 6.77. The fraction of sp³-hybridized carbons (Fsp3) is 0.250. The number of aromatic nitrogens is 3. The normalized spacial score (nSPS) is 10.6. The van der Waals surface area contributed by atoms with Gasteiger partial charge in [-0.15, -0.1) is 0 Å². The maximum absolute atomic E-state index is 5.89. The van der Waals surface area contributed by atoms with E-state index in [0.717, 1.165) is 6.54 Å². The highest BCUT2D eigenvalue weighted by atomic mass is 35.5. The van der Waals surface area contributed by atoms with E-state index >= 15 is 0 Å². The first-order chi connectivity index (χ1) is 6.31. The third-order valence-corrected chi connectivity index (χ3v) is 1.99. The minimum Gasteiger partial charge on any atom is -0.443 e. The standard InChI is InChI=1S/C8H8ClN3O/c1-2-12-7(9)5-6(11-12)8-10-3-4-13-8/h3-5H,2H2,1H3. The van der Waals surface area contributed by atoms with Gasteiger partial charge >= 0.3 is 0 Å². The number of rotatable bonds is 2. The minimum atomic E-state index is 0.495. The molecule has 0 radical (unpaired) electrons. The Morgan fingerprint density at radius 2 is 2.46 bits per heavy atom. The van der Waals surface area contributed by atoms with Crippen molar-refractivity contribution >= 4 is 11.6 Å². The van der Waals surface area contributed by atoms with Crippen LogP contribution in [0.2, 0.25) is 5.15 Å². The molecule has 2 heterocycles. The Bertz CT molecular complexity index is 393. The number of hydrogen-bond acceptors (Lipinski definition) is 3. The van der Waals surface area contributed by atoms with E-state index in [4.69, 9.17) is 16.0 Å². The van der Waals surface area contributed by atoms with Crippen LogP contribution in [0.3, 0.4) is 0 Å². The lowest BCUT2D eigenvalue weighted by Crippen LogP contribution is -1.95. The van der Waals surface area contributed by atoms with Crippen molar-refractivity contribution in [1.82, 2.24) is 14.8 Å². The van der Waals surface area contributed by atoms with E-state index in [1.54, 1.807) is 16.9 Å². The molecular formula is C8H8ClN3O. The molecule has 68 valence electrons. The van der Waals surface area contributed by atoms with Crippen molar-refractivity contribution in [3.8, 4) is 11.6 Å². The first-order valence-corrected chi connectivity index (χ1v) is 4.32. The number of nitrogens with zero attached hydrogens (tertiary/aromatic N) is 3. The summed E-state index contributed by atoms with van der Waals surface area (Å²) in [5.74, 6) is 0.495. The molecule has 0 aliphatic carbocycles. The van der Waals surface area contributed by atoms with Gasteiger partial charge in [0.2, 0.25) is 5.89 Å². The molecule has 0 amide bonds. The molecule has 0 N–H and O–H groups in total. The number of hydrogen-bond donors (Lipinski definition) is 0. The van der Waals surface area contributed by atoms with Crippen LogP contribution in [0.4, 0.5) is 0 Å². The van der Waals surface area contributed by atoms with Crippen molar-refractivity contribution in [2.24, 2.45) is 0 Å². The van der Waals surface area contributed by atoms with E-state index in [1.165, 1.54) is 6.26 Å². The molecule has 0 saturated carbocycles. The molecule has 0 bridgehead atoms. The number of oxazole rings is 1. The quantitative estimate of drug-likeness (QED) is 0.742. The van der Waals surface area contributed by atoms with Gasteiger partial charge in [0.1, 0.15) is 17.1 Å². The Morgan fingerprint density at radius 1 is 1.62 bits per heavy atom. The Balaban J connectivity index is 2.43. The smallest absolute Gasteiger partial charge is 0.246 e. The molecule has 0 atom stereocenters. The van der Waals surface area contributed by atoms with Crippen molar-refractivity contribution in [3.63, 3.8) is 0 Å².